The van der Waals surface area contributed by atoms with Gasteiger partial charge in [0.2, 0.25) is 0 Å². The molecule has 0 aromatic heterocycles. The zero-order chi connectivity index (χ0) is 22.7. The average Bonchev–Trinajstić information content (AvgIpc) is 2.94. The molecule has 170 valence electrons. The molecule has 1 saturated carbocycles. The van der Waals surface area contributed by atoms with E-state index < -0.39 is 35.4 Å². The van der Waals surface area contributed by atoms with Crippen molar-refractivity contribution >= 4 is 17.5 Å². The Hall–Kier alpha value is -1.83. The molecule has 4 atom stereocenters. The lowest BCUT2D eigenvalue weighted by molar-refractivity contribution is -0.137. The minimum Gasteiger partial charge on any atom is -0.463 e. The first kappa shape index (κ1) is 26.2. The Morgan fingerprint density at radius 3 is 2.60 bits per heavy atom. The van der Waals surface area contributed by atoms with E-state index in [1.54, 1.807) is 25.2 Å². The molecule has 7 nitrogen and oxygen atoms in total. The number of ketones is 2. The Bertz CT molecular complexity index is 635. The molecule has 7 heteroatoms. The number of aliphatic hydroxyl groups is 2. The van der Waals surface area contributed by atoms with Crippen LogP contribution in [-0.4, -0.2) is 59.8 Å². The number of carbonyl (C=O) groups is 3. The molecule has 0 bridgehead atoms. The molecular weight excluding hydrogens is 388 g/mol. The molecule has 1 fully saturated rings. The van der Waals surface area contributed by atoms with E-state index in [-0.39, 0.29) is 30.8 Å². The summed E-state index contributed by atoms with van der Waals surface area (Å²) in [5.41, 5.74) is -0.517. The Labute approximate surface area is 179 Å². The van der Waals surface area contributed by atoms with Crippen LogP contribution in [0.15, 0.2) is 24.3 Å². The molecule has 0 amide bonds. The quantitative estimate of drug-likeness (QED) is 0.265. The highest BCUT2D eigenvalue weighted by Gasteiger charge is 2.41. The largest absolute Gasteiger partial charge is 0.463 e. The molecule has 2 unspecified atom stereocenters. The first-order valence-corrected chi connectivity index (χ1v) is 10.6. The minimum absolute atomic E-state index is 0.00808. The Kier molecular flexibility index (Phi) is 11.2. The van der Waals surface area contributed by atoms with Gasteiger partial charge in [-0.2, -0.15) is 0 Å². The van der Waals surface area contributed by atoms with Crippen molar-refractivity contribution in [1.29, 1.82) is 0 Å². The zero-order valence-corrected chi connectivity index (χ0v) is 18.5. The number of hydrogen-bond acceptors (Lipinski definition) is 7. The van der Waals surface area contributed by atoms with Crippen LogP contribution in [0.1, 0.15) is 53.4 Å². The minimum atomic E-state index is -0.863. The average molecular weight is 425 g/mol. The van der Waals surface area contributed by atoms with Gasteiger partial charge in [0.25, 0.3) is 0 Å². The topological polar surface area (TPSA) is 110 Å². The molecule has 0 aromatic rings. The molecule has 0 spiro atoms. The van der Waals surface area contributed by atoms with Gasteiger partial charge in [-0.3, -0.25) is 9.59 Å². The lowest BCUT2D eigenvalue weighted by atomic mass is 9.84. The van der Waals surface area contributed by atoms with E-state index in [9.17, 15) is 24.6 Å². The summed E-state index contributed by atoms with van der Waals surface area (Å²) in [4.78, 5) is 35.9. The van der Waals surface area contributed by atoms with Gasteiger partial charge in [0, 0.05) is 49.2 Å². The van der Waals surface area contributed by atoms with Gasteiger partial charge in [-0.15, -0.1) is 0 Å². The van der Waals surface area contributed by atoms with Crippen molar-refractivity contribution in [3.05, 3.63) is 24.3 Å². The Morgan fingerprint density at radius 2 is 1.97 bits per heavy atom. The van der Waals surface area contributed by atoms with Crippen LogP contribution in [0.25, 0.3) is 0 Å². The molecule has 1 aliphatic rings. The third-order valence-corrected chi connectivity index (χ3v) is 5.31. The predicted molar refractivity (Wildman–Crippen MR) is 113 cm³/mol. The second-order valence-corrected chi connectivity index (χ2v) is 8.31. The predicted octanol–water partition coefficient (Wildman–Crippen LogP) is 2.39. The summed E-state index contributed by atoms with van der Waals surface area (Å²) in [6.07, 6.45) is 5.08. The van der Waals surface area contributed by atoms with Crippen LogP contribution in [0.5, 0.6) is 0 Å². The molecular formula is C23H36O7. The third kappa shape index (κ3) is 8.50. The fourth-order valence-corrected chi connectivity index (χ4v) is 3.39. The van der Waals surface area contributed by atoms with E-state index in [1.165, 1.54) is 6.08 Å². The van der Waals surface area contributed by atoms with Gasteiger partial charge in [-0.05, 0) is 20.3 Å². The van der Waals surface area contributed by atoms with Gasteiger partial charge in [0.15, 0.2) is 0 Å². The van der Waals surface area contributed by atoms with Gasteiger partial charge in [-0.25, -0.2) is 4.79 Å². The van der Waals surface area contributed by atoms with E-state index in [4.69, 9.17) is 9.47 Å². The Balaban J connectivity index is 2.66. The van der Waals surface area contributed by atoms with Crippen molar-refractivity contribution in [3.63, 3.8) is 0 Å². The summed E-state index contributed by atoms with van der Waals surface area (Å²) in [7, 11) is 0. The van der Waals surface area contributed by atoms with Crippen molar-refractivity contribution in [2.24, 2.45) is 17.3 Å². The van der Waals surface area contributed by atoms with Crippen molar-refractivity contribution in [3.8, 4) is 0 Å². The van der Waals surface area contributed by atoms with Crippen LogP contribution < -0.4 is 0 Å². The molecule has 0 saturated heterocycles. The lowest BCUT2D eigenvalue weighted by Gasteiger charge is -2.28. The highest BCUT2D eigenvalue weighted by molar-refractivity contribution is 5.90. The van der Waals surface area contributed by atoms with Gasteiger partial charge < -0.3 is 19.7 Å². The summed E-state index contributed by atoms with van der Waals surface area (Å²) in [5.74, 6) is -1.80. The van der Waals surface area contributed by atoms with E-state index >= 15 is 0 Å². The first-order valence-electron chi connectivity index (χ1n) is 10.6. The lowest BCUT2D eigenvalue weighted by Crippen LogP contribution is -2.33. The van der Waals surface area contributed by atoms with Gasteiger partial charge in [0.05, 0.1) is 25.4 Å². The number of aliphatic hydroxyl groups excluding tert-OH is 2. The van der Waals surface area contributed by atoms with Crippen molar-refractivity contribution < 1.29 is 34.1 Å². The van der Waals surface area contributed by atoms with Crippen LogP contribution >= 0.6 is 0 Å². The summed E-state index contributed by atoms with van der Waals surface area (Å²) in [5, 5.41) is 20.7. The molecule has 0 radical (unpaired) electrons. The number of esters is 1. The number of rotatable bonds is 13. The normalized spacial score (nSPS) is 23.4. The van der Waals surface area contributed by atoms with Crippen molar-refractivity contribution in [2.45, 2.75) is 65.6 Å². The third-order valence-electron chi connectivity index (χ3n) is 5.31. The van der Waals surface area contributed by atoms with E-state index in [0.717, 1.165) is 0 Å². The maximum Gasteiger partial charge on any atom is 0.330 e. The van der Waals surface area contributed by atoms with Gasteiger partial charge in [0.1, 0.15) is 11.6 Å². The summed E-state index contributed by atoms with van der Waals surface area (Å²) >= 11 is 0. The Morgan fingerprint density at radius 1 is 1.27 bits per heavy atom. The first-order chi connectivity index (χ1) is 14.1. The number of allylic oxidation sites excluding steroid dienone is 1. The number of hydrogen-bond donors (Lipinski definition) is 2. The summed E-state index contributed by atoms with van der Waals surface area (Å²) in [6.45, 7) is 8.56. The second kappa shape index (κ2) is 12.8. The summed E-state index contributed by atoms with van der Waals surface area (Å²) in [6, 6.07) is 0. The molecule has 0 aliphatic heterocycles. The van der Waals surface area contributed by atoms with Crippen LogP contribution in [-0.2, 0) is 23.9 Å². The smallest absolute Gasteiger partial charge is 0.330 e. The fourth-order valence-electron chi connectivity index (χ4n) is 3.39. The van der Waals surface area contributed by atoms with Crippen LogP contribution in [0.2, 0.25) is 0 Å². The molecule has 0 heterocycles. The van der Waals surface area contributed by atoms with Crippen molar-refractivity contribution in [2.75, 3.05) is 19.8 Å². The SMILES string of the molecule is CCOCC(C)(C)C(O)C=C[C@H]1C(O)CC(=O)[C@@H]1CC(=O)CCC=CC(=O)OCC. The van der Waals surface area contributed by atoms with Crippen LogP contribution in [0, 0.1) is 17.3 Å². The van der Waals surface area contributed by atoms with Crippen molar-refractivity contribution in [1.82, 2.24) is 0 Å². The molecule has 30 heavy (non-hydrogen) atoms. The van der Waals surface area contributed by atoms with E-state index in [0.29, 0.717) is 26.2 Å². The van der Waals surface area contributed by atoms with Gasteiger partial charge in [-0.1, -0.05) is 32.1 Å². The highest BCUT2D eigenvalue weighted by atomic mass is 16.5. The summed E-state index contributed by atoms with van der Waals surface area (Å²) < 4.78 is 10.2. The second-order valence-electron chi connectivity index (χ2n) is 8.31. The monoisotopic (exact) mass is 424 g/mol. The molecule has 2 N–H and O–H groups in total. The number of Topliss-reactive ketones (excluding diaryl/α,β-unsaturated/α-hetero) is 2. The highest BCUT2D eigenvalue weighted by Crippen LogP contribution is 2.34. The number of ether oxygens (including phenoxy) is 2. The van der Waals surface area contributed by atoms with E-state index in [2.05, 4.69) is 0 Å². The van der Waals surface area contributed by atoms with Crippen LogP contribution in [0.4, 0.5) is 0 Å². The molecule has 1 aliphatic carbocycles. The maximum absolute atomic E-state index is 12.3. The standard InChI is InChI=1S/C23H36O7/c1-5-29-15-23(3,4)21(27)12-11-17-18(20(26)14-19(17)25)13-16(24)9-7-8-10-22(28)30-6-2/h8,10-12,17-19,21,25,27H,5-7,9,13-15H2,1-4H3/t17-,18-,19?,21?/m1/s1. The zero-order valence-electron chi connectivity index (χ0n) is 18.5. The number of carbonyl (C=O) groups excluding carboxylic acids is 3. The van der Waals surface area contributed by atoms with E-state index in [1.807, 2.05) is 20.8 Å². The van der Waals surface area contributed by atoms with Crippen LogP contribution in [0.3, 0.4) is 0 Å². The molecule has 1 rings (SSSR count). The molecule has 0 aromatic carbocycles. The fraction of sp³-hybridized carbons (Fsp3) is 0.696. The maximum atomic E-state index is 12.3. The van der Waals surface area contributed by atoms with Gasteiger partial charge >= 0.3 is 5.97 Å².